The summed E-state index contributed by atoms with van der Waals surface area (Å²) in [5.74, 6) is -3.28. The number of aromatic carboxylic acids is 1. The van der Waals surface area contributed by atoms with Gasteiger partial charge in [-0.25, -0.2) is 13.6 Å². The third kappa shape index (κ3) is 2.62. The number of halogens is 4. The van der Waals surface area contributed by atoms with Crippen molar-refractivity contribution in [1.29, 1.82) is 0 Å². The van der Waals surface area contributed by atoms with E-state index in [4.69, 9.17) is 5.11 Å². The van der Waals surface area contributed by atoms with E-state index in [1.807, 2.05) is 0 Å². The zero-order valence-electron chi connectivity index (χ0n) is 11.3. The van der Waals surface area contributed by atoms with Gasteiger partial charge in [0.25, 0.3) is 0 Å². The fourth-order valence-electron chi connectivity index (χ4n) is 2.46. The monoisotopic (exact) mass is 331 g/mol. The van der Waals surface area contributed by atoms with Crippen LogP contribution in [0.15, 0.2) is 23.1 Å². The van der Waals surface area contributed by atoms with Gasteiger partial charge in [0, 0.05) is 18.7 Å². The van der Waals surface area contributed by atoms with E-state index in [9.17, 15) is 27.2 Å². The Morgan fingerprint density at radius 3 is 2.57 bits per heavy atom. The Labute approximate surface area is 125 Å². The van der Waals surface area contributed by atoms with E-state index in [1.165, 1.54) is 0 Å². The number of nitrogens with zero attached hydrogens (tertiary/aromatic N) is 1. The van der Waals surface area contributed by atoms with Gasteiger partial charge in [-0.2, -0.15) is 8.78 Å². The van der Waals surface area contributed by atoms with E-state index < -0.39 is 52.7 Å². The second-order valence-electron chi connectivity index (χ2n) is 5.08. The molecule has 3 rings (SSSR count). The molecule has 1 aromatic heterocycles. The maximum atomic E-state index is 13.6. The molecule has 9 heteroatoms. The molecular weight excluding hydrogens is 322 g/mol. The van der Waals surface area contributed by atoms with E-state index in [1.54, 1.807) is 0 Å². The topological polar surface area (TPSA) is 68.5 Å². The quantitative estimate of drug-likeness (QED) is 0.875. The first-order valence-corrected chi connectivity index (χ1v) is 6.50. The summed E-state index contributed by atoms with van der Waals surface area (Å²) in [6.07, 6.45) is -0.414. The van der Waals surface area contributed by atoms with Crippen LogP contribution in [0.25, 0.3) is 10.9 Å². The number of rotatable bonds is 4. The number of carboxylic acid groups (broad SMARTS) is 1. The molecule has 122 valence electrons. The Bertz CT molecular complexity index is 864. The molecular formula is C14H9F4NO4. The lowest BCUT2D eigenvalue weighted by Crippen LogP contribution is -2.20. The van der Waals surface area contributed by atoms with E-state index in [2.05, 4.69) is 4.74 Å². The van der Waals surface area contributed by atoms with Crippen LogP contribution in [0.1, 0.15) is 22.8 Å². The average Bonchev–Trinajstić information content (AvgIpc) is 3.15. The molecule has 1 aliphatic rings. The number of alkyl halides is 3. The van der Waals surface area contributed by atoms with E-state index >= 15 is 0 Å². The summed E-state index contributed by atoms with van der Waals surface area (Å²) in [5, 5.41) is 8.59. The summed E-state index contributed by atoms with van der Waals surface area (Å²) in [4.78, 5) is 23.3. The molecule has 2 aromatic rings. The van der Waals surface area contributed by atoms with Crippen LogP contribution >= 0.6 is 0 Å². The first-order valence-electron chi connectivity index (χ1n) is 6.50. The van der Waals surface area contributed by atoms with Gasteiger partial charge < -0.3 is 14.4 Å². The molecule has 1 N–H and O–H groups in total. The molecule has 1 aliphatic carbocycles. The molecule has 1 heterocycles. The number of carbonyl (C=O) groups is 1. The van der Waals surface area contributed by atoms with Gasteiger partial charge in [-0.15, -0.1) is 0 Å². The third-order valence-corrected chi connectivity index (χ3v) is 3.54. The number of hydrogen-bond donors (Lipinski definition) is 1. The van der Waals surface area contributed by atoms with Crippen molar-refractivity contribution in [3.05, 3.63) is 39.9 Å². The third-order valence-electron chi connectivity index (χ3n) is 3.54. The standard InChI is InChI=1S/C14H9F4NO4/c15-5-1-6-11(10(2-5)23-14(17)18)19(9-3-8(9)16)4-7(12(6)20)13(21)22/h1-2,4,8-9,14H,3H2,(H,21,22)/t8-,9-/m0/s1. The Morgan fingerprint density at radius 2 is 2.04 bits per heavy atom. The summed E-state index contributed by atoms with van der Waals surface area (Å²) in [6.45, 7) is -3.29. The molecule has 0 aliphatic heterocycles. The van der Waals surface area contributed by atoms with Crippen molar-refractivity contribution in [3.8, 4) is 5.75 Å². The smallest absolute Gasteiger partial charge is 0.387 e. The number of benzene rings is 1. The summed E-state index contributed by atoms with van der Waals surface area (Å²) in [7, 11) is 0. The summed E-state index contributed by atoms with van der Waals surface area (Å²) in [6, 6.07) is 0.538. The Morgan fingerprint density at radius 1 is 1.39 bits per heavy atom. The minimum Gasteiger partial charge on any atom is -0.477 e. The zero-order chi connectivity index (χ0) is 16.9. The number of carboxylic acids is 1. The average molecular weight is 331 g/mol. The Balaban J connectivity index is 2.39. The van der Waals surface area contributed by atoms with Gasteiger partial charge >= 0.3 is 12.6 Å². The van der Waals surface area contributed by atoms with Crippen LogP contribution in [0.2, 0.25) is 0 Å². The van der Waals surface area contributed by atoms with E-state index in [0.29, 0.717) is 12.1 Å². The van der Waals surface area contributed by atoms with Crippen molar-refractivity contribution in [2.75, 3.05) is 0 Å². The highest BCUT2D eigenvalue weighted by atomic mass is 19.3. The molecule has 0 bridgehead atoms. The van der Waals surface area contributed by atoms with Crippen LogP contribution in [-0.4, -0.2) is 28.4 Å². The second-order valence-corrected chi connectivity index (χ2v) is 5.08. The molecule has 5 nitrogen and oxygen atoms in total. The lowest BCUT2D eigenvalue weighted by molar-refractivity contribution is -0.0491. The molecule has 0 unspecified atom stereocenters. The van der Waals surface area contributed by atoms with Crippen molar-refractivity contribution in [3.63, 3.8) is 0 Å². The van der Waals surface area contributed by atoms with Crippen LogP contribution in [0.3, 0.4) is 0 Å². The summed E-state index contributed by atoms with van der Waals surface area (Å²) >= 11 is 0. The molecule has 0 radical (unpaired) electrons. The molecule has 23 heavy (non-hydrogen) atoms. The van der Waals surface area contributed by atoms with Gasteiger partial charge in [-0.05, 0) is 6.07 Å². The second kappa shape index (κ2) is 5.25. The van der Waals surface area contributed by atoms with Gasteiger partial charge in [0.1, 0.15) is 17.6 Å². The number of aromatic nitrogens is 1. The fourth-order valence-corrected chi connectivity index (χ4v) is 2.46. The van der Waals surface area contributed by atoms with Gasteiger partial charge in [-0.1, -0.05) is 0 Å². The lowest BCUT2D eigenvalue weighted by atomic mass is 10.1. The maximum Gasteiger partial charge on any atom is 0.387 e. The molecule has 0 spiro atoms. The normalized spacial score (nSPS) is 20.0. The van der Waals surface area contributed by atoms with Crippen molar-refractivity contribution >= 4 is 16.9 Å². The van der Waals surface area contributed by atoms with Crippen LogP contribution in [0.5, 0.6) is 5.75 Å². The number of hydrogen-bond acceptors (Lipinski definition) is 3. The predicted molar refractivity (Wildman–Crippen MR) is 70.3 cm³/mol. The van der Waals surface area contributed by atoms with Crippen LogP contribution in [0.4, 0.5) is 17.6 Å². The first kappa shape index (κ1) is 15.3. The fraction of sp³-hybridized carbons (Fsp3) is 0.286. The van der Waals surface area contributed by atoms with E-state index in [-0.39, 0.29) is 11.9 Å². The predicted octanol–water partition coefficient (Wildman–Crippen LogP) is 2.72. The zero-order valence-corrected chi connectivity index (χ0v) is 11.3. The molecule has 1 fully saturated rings. The highest BCUT2D eigenvalue weighted by Gasteiger charge is 2.40. The molecule has 0 saturated heterocycles. The lowest BCUT2D eigenvalue weighted by Gasteiger charge is -2.15. The minimum absolute atomic E-state index is 0.0303. The maximum absolute atomic E-state index is 13.6. The van der Waals surface area contributed by atoms with Crippen molar-refractivity contribution < 1.29 is 32.2 Å². The number of pyridine rings is 1. The van der Waals surface area contributed by atoms with Crippen molar-refractivity contribution in [1.82, 2.24) is 4.57 Å². The van der Waals surface area contributed by atoms with Crippen LogP contribution < -0.4 is 10.2 Å². The Kier molecular flexibility index (Phi) is 3.50. The minimum atomic E-state index is -3.29. The van der Waals surface area contributed by atoms with Gasteiger partial charge in [0.2, 0.25) is 5.43 Å². The summed E-state index contributed by atoms with van der Waals surface area (Å²) in [5.41, 5.74) is -2.02. The van der Waals surface area contributed by atoms with Crippen molar-refractivity contribution in [2.45, 2.75) is 25.2 Å². The van der Waals surface area contributed by atoms with Gasteiger partial charge in [0.05, 0.1) is 16.9 Å². The van der Waals surface area contributed by atoms with Gasteiger partial charge in [0.15, 0.2) is 5.75 Å². The highest BCUT2D eigenvalue weighted by molar-refractivity contribution is 5.94. The Hall–Kier alpha value is -2.58. The largest absolute Gasteiger partial charge is 0.477 e. The van der Waals surface area contributed by atoms with Crippen LogP contribution in [0, 0.1) is 5.82 Å². The molecule has 2 atom stereocenters. The van der Waals surface area contributed by atoms with Gasteiger partial charge in [-0.3, -0.25) is 4.79 Å². The molecule has 1 saturated carbocycles. The SMILES string of the molecule is O=C(O)c1cn([C@H]2C[C@@H]2F)c2c(OC(F)F)cc(F)cc2c1=O. The number of ether oxygens (including phenoxy) is 1. The van der Waals surface area contributed by atoms with Crippen LogP contribution in [-0.2, 0) is 0 Å². The highest BCUT2D eigenvalue weighted by Crippen LogP contribution is 2.42. The molecule has 0 amide bonds. The first-order chi connectivity index (χ1) is 10.8. The molecule has 1 aromatic carbocycles. The number of fused-ring (bicyclic) bond motifs is 1. The van der Waals surface area contributed by atoms with E-state index in [0.717, 1.165) is 10.8 Å². The summed E-state index contributed by atoms with van der Waals surface area (Å²) < 4.78 is 57.3. The van der Waals surface area contributed by atoms with Crippen molar-refractivity contribution in [2.24, 2.45) is 0 Å².